The van der Waals surface area contributed by atoms with E-state index in [9.17, 15) is 4.21 Å². The molecule has 1 aromatic carbocycles. The van der Waals surface area contributed by atoms with Gasteiger partial charge in [0.2, 0.25) is 0 Å². The van der Waals surface area contributed by atoms with Gasteiger partial charge in [0.05, 0.1) is 19.5 Å². The second-order valence-electron chi connectivity index (χ2n) is 5.85. The van der Waals surface area contributed by atoms with Gasteiger partial charge >= 0.3 is 0 Å². The first-order chi connectivity index (χ1) is 10.2. The molecule has 0 saturated carbocycles. The molecule has 0 N–H and O–H groups in total. The molecular weight excluding hydrogens is 284 g/mol. The Bertz CT molecular complexity index is 557. The molecule has 2 aliphatic heterocycles. The lowest BCUT2D eigenvalue weighted by molar-refractivity contribution is 0.393. The molecule has 3 atom stereocenters. The molecule has 0 aliphatic carbocycles. The fraction of sp³-hybridized carbons (Fsp3) is 0.529. The van der Waals surface area contributed by atoms with Crippen molar-refractivity contribution < 1.29 is 13.7 Å². The first kappa shape index (κ1) is 14.6. The number of benzene rings is 1. The van der Waals surface area contributed by atoms with Gasteiger partial charge in [-0.05, 0) is 43.4 Å². The largest absolute Gasteiger partial charge is 0.497 e. The highest BCUT2D eigenvalue weighted by Gasteiger charge is 2.33. The van der Waals surface area contributed by atoms with Gasteiger partial charge in [0.25, 0.3) is 0 Å². The van der Waals surface area contributed by atoms with E-state index in [4.69, 9.17) is 9.47 Å². The fourth-order valence-corrected chi connectivity index (χ4v) is 5.34. The molecule has 2 aliphatic rings. The van der Waals surface area contributed by atoms with Crippen LogP contribution in [0.2, 0.25) is 0 Å². The number of hydrogen-bond donors (Lipinski definition) is 0. The third-order valence-electron chi connectivity index (χ3n) is 4.40. The molecule has 1 aromatic rings. The first-order valence-corrected chi connectivity index (χ1v) is 8.78. The minimum atomic E-state index is -0.652. The van der Waals surface area contributed by atoms with Crippen molar-refractivity contribution >= 4 is 10.8 Å². The quantitative estimate of drug-likeness (QED) is 0.801. The zero-order chi connectivity index (χ0) is 14.8. The Kier molecular flexibility index (Phi) is 4.34. The molecule has 1 fully saturated rings. The summed E-state index contributed by atoms with van der Waals surface area (Å²) in [6, 6.07) is 6.01. The Hall–Kier alpha value is -1.29. The molecule has 3 nitrogen and oxygen atoms in total. The Morgan fingerprint density at radius 3 is 2.48 bits per heavy atom. The molecule has 3 rings (SSSR count). The highest BCUT2D eigenvalue weighted by atomic mass is 32.2. The van der Waals surface area contributed by atoms with Crippen molar-refractivity contribution in [2.45, 2.75) is 42.6 Å². The zero-order valence-electron chi connectivity index (χ0n) is 12.6. The van der Waals surface area contributed by atoms with Crippen molar-refractivity contribution in [2.24, 2.45) is 0 Å². The van der Waals surface area contributed by atoms with Crippen molar-refractivity contribution in [2.75, 3.05) is 14.2 Å². The van der Waals surface area contributed by atoms with Crippen molar-refractivity contribution in [1.29, 1.82) is 0 Å². The van der Waals surface area contributed by atoms with Gasteiger partial charge in [-0.25, -0.2) is 0 Å². The fourth-order valence-electron chi connectivity index (χ4n) is 3.35. The molecule has 2 bridgehead atoms. The van der Waals surface area contributed by atoms with Gasteiger partial charge in [-0.1, -0.05) is 18.1 Å². The minimum Gasteiger partial charge on any atom is -0.497 e. The van der Waals surface area contributed by atoms with Crippen LogP contribution in [0.4, 0.5) is 0 Å². The third-order valence-corrected chi connectivity index (χ3v) is 6.42. The van der Waals surface area contributed by atoms with E-state index in [-0.39, 0.29) is 5.25 Å². The molecule has 0 spiro atoms. The van der Waals surface area contributed by atoms with Crippen LogP contribution in [0.15, 0.2) is 29.8 Å². The lowest BCUT2D eigenvalue weighted by Gasteiger charge is -2.32. The summed E-state index contributed by atoms with van der Waals surface area (Å²) in [6.07, 6.45) is 7.55. The molecule has 1 saturated heterocycles. The monoisotopic (exact) mass is 306 g/mol. The maximum atomic E-state index is 12.2. The predicted molar refractivity (Wildman–Crippen MR) is 85.5 cm³/mol. The summed E-state index contributed by atoms with van der Waals surface area (Å²) in [5.74, 6) is 1.65. The van der Waals surface area contributed by atoms with Crippen LogP contribution in [-0.2, 0) is 17.2 Å². The van der Waals surface area contributed by atoms with Crippen molar-refractivity contribution in [3.05, 3.63) is 35.4 Å². The smallest absolute Gasteiger partial charge is 0.122 e. The van der Waals surface area contributed by atoms with E-state index in [1.54, 1.807) is 14.2 Å². The molecule has 4 heteroatoms. The topological polar surface area (TPSA) is 35.5 Å². The van der Waals surface area contributed by atoms with Crippen LogP contribution in [0, 0.1) is 0 Å². The Morgan fingerprint density at radius 2 is 1.86 bits per heavy atom. The molecular formula is C17H22O3S. The lowest BCUT2D eigenvalue weighted by Crippen LogP contribution is -2.34. The van der Waals surface area contributed by atoms with E-state index in [2.05, 4.69) is 18.2 Å². The van der Waals surface area contributed by atoms with Crippen LogP contribution in [0.25, 0.3) is 0 Å². The second-order valence-corrected chi connectivity index (χ2v) is 7.78. The van der Waals surface area contributed by atoms with E-state index in [1.807, 2.05) is 6.07 Å². The number of allylic oxidation sites excluding steroid dienone is 1. The van der Waals surface area contributed by atoms with Crippen LogP contribution in [0.1, 0.15) is 31.2 Å². The van der Waals surface area contributed by atoms with E-state index in [1.165, 1.54) is 17.6 Å². The molecule has 3 unspecified atom stereocenters. The predicted octanol–water partition coefficient (Wildman–Crippen LogP) is 3.25. The standard InChI is InChI=1S/C17H22O3S/c1-19-14-7-12(8-15(11-14)20-2)6-13-9-16-4-3-5-17(10-13)21(16)18/h7-9,11,16-17H,3-6,10H2,1-2H3. The Balaban J connectivity index is 1.82. The van der Waals surface area contributed by atoms with Crippen LogP contribution in [0.3, 0.4) is 0 Å². The summed E-state index contributed by atoms with van der Waals surface area (Å²) in [6.45, 7) is 0. The van der Waals surface area contributed by atoms with Crippen LogP contribution in [0.5, 0.6) is 11.5 Å². The van der Waals surface area contributed by atoms with E-state index < -0.39 is 10.8 Å². The lowest BCUT2D eigenvalue weighted by atomic mass is 9.93. The van der Waals surface area contributed by atoms with E-state index >= 15 is 0 Å². The van der Waals surface area contributed by atoms with E-state index in [0.29, 0.717) is 5.25 Å². The van der Waals surface area contributed by atoms with Crippen molar-refractivity contribution in [1.82, 2.24) is 0 Å². The minimum absolute atomic E-state index is 0.278. The van der Waals surface area contributed by atoms with Crippen LogP contribution in [-0.4, -0.2) is 28.9 Å². The van der Waals surface area contributed by atoms with Gasteiger partial charge < -0.3 is 9.47 Å². The van der Waals surface area contributed by atoms with Crippen LogP contribution < -0.4 is 9.47 Å². The Morgan fingerprint density at radius 1 is 1.14 bits per heavy atom. The number of methoxy groups -OCH3 is 2. The van der Waals surface area contributed by atoms with E-state index in [0.717, 1.165) is 37.2 Å². The molecule has 114 valence electrons. The highest BCUT2D eigenvalue weighted by molar-refractivity contribution is 7.86. The molecule has 0 amide bonds. The summed E-state index contributed by atoms with van der Waals surface area (Å²) in [7, 11) is 2.69. The average molecular weight is 306 g/mol. The van der Waals surface area contributed by atoms with Gasteiger partial charge in [-0.3, -0.25) is 4.21 Å². The second kappa shape index (κ2) is 6.22. The summed E-state index contributed by atoms with van der Waals surface area (Å²) in [5.41, 5.74) is 2.61. The maximum absolute atomic E-state index is 12.2. The van der Waals surface area contributed by atoms with Gasteiger partial charge in [-0.2, -0.15) is 0 Å². The number of fused-ring (bicyclic) bond motifs is 2. The van der Waals surface area contributed by atoms with Crippen LogP contribution >= 0.6 is 0 Å². The summed E-state index contributed by atoms with van der Waals surface area (Å²) in [5, 5.41) is 0.649. The van der Waals surface area contributed by atoms with Gasteiger partial charge in [0.15, 0.2) is 0 Å². The zero-order valence-corrected chi connectivity index (χ0v) is 13.4. The summed E-state index contributed by atoms with van der Waals surface area (Å²) >= 11 is 0. The normalized spacial score (nSPS) is 27.9. The SMILES string of the molecule is COc1cc(CC2=CC3CCCC(C2)S3=O)cc(OC)c1. The highest BCUT2D eigenvalue weighted by Crippen LogP contribution is 2.35. The number of hydrogen-bond acceptors (Lipinski definition) is 3. The van der Waals surface area contributed by atoms with Crippen molar-refractivity contribution in [3.63, 3.8) is 0 Å². The Labute approximate surface area is 128 Å². The number of rotatable bonds is 4. The van der Waals surface area contributed by atoms with Gasteiger partial charge in [0.1, 0.15) is 11.5 Å². The third kappa shape index (κ3) is 3.15. The number of ether oxygens (including phenoxy) is 2. The first-order valence-electron chi connectivity index (χ1n) is 7.50. The molecule has 21 heavy (non-hydrogen) atoms. The molecule has 0 radical (unpaired) electrons. The molecule has 0 aromatic heterocycles. The van der Waals surface area contributed by atoms with Gasteiger partial charge in [0, 0.05) is 22.1 Å². The summed E-state index contributed by atoms with van der Waals surface area (Å²) < 4.78 is 22.9. The van der Waals surface area contributed by atoms with Crippen molar-refractivity contribution in [3.8, 4) is 11.5 Å². The molecule has 2 heterocycles. The maximum Gasteiger partial charge on any atom is 0.122 e. The summed E-state index contributed by atoms with van der Waals surface area (Å²) in [4.78, 5) is 0. The van der Waals surface area contributed by atoms with Gasteiger partial charge in [-0.15, -0.1) is 0 Å². The average Bonchev–Trinajstić information content (AvgIpc) is 2.48.